The Morgan fingerprint density at radius 3 is 2.93 bits per heavy atom. The highest BCUT2D eigenvalue weighted by atomic mass is 79.9. The molecule has 1 aromatic rings. The molecule has 0 aliphatic rings. The van der Waals surface area contributed by atoms with Gasteiger partial charge in [-0.25, -0.2) is 0 Å². The molecule has 0 bridgehead atoms. The van der Waals surface area contributed by atoms with Crippen molar-refractivity contribution < 1.29 is 9.84 Å². The van der Waals surface area contributed by atoms with Crippen LogP contribution in [-0.2, 0) is 11.2 Å². The number of pyridine rings is 1. The van der Waals surface area contributed by atoms with Gasteiger partial charge in [-0.05, 0) is 34.5 Å². The van der Waals surface area contributed by atoms with Crippen molar-refractivity contribution >= 4 is 15.9 Å². The average Bonchev–Trinajstić information content (AvgIpc) is 2.18. The number of aliphatic hydroxyl groups excluding tert-OH is 1. The highest BCUT2D eigenvalue weighted by Crippen LogP contribution is 2.09. The fourth-order valence-corrected chi connectivity index (χ4v) is 1.36. The van der Waals surface area contributed by atoms with Crippen LogP contribution in [0.25, 0.3) is 0 Å². The van der Waals surface area contributed by atoms with Crippen LogP contribution in [0.1, 0.15) is 12.1 Å². The zero-order chi connectivity index (χ0) is 10.4. The van der Waals surface area contributed by atoms with Gasteiger partial charge in [0.1, 0.15) is 0 Å². The van der Waals surface area contributed by atoms with E-state index < -0.39 is 0 Å². The van der Waals surface area contributed by atoms with Crippen molar-refractivity contribution in [3.63, 3.8) is 0 Å². The summed E-state index contributed by atoms with van der Waals surface area (Å²) in [6.45, 7) is 0.581. The van der Waals surface area contributed by atoms with Crippen LogP contribution in [0.4, 0.5) is 0 Å². The second-order valence-electron chi connectivity index (χ2n) is 3.11. The fourth-order valence-electron chi connectivity index (χ4n) is 1.12. The van der Waals surface area contributed by atoms with Gasteiger partial charge in [-0.15, -0.1) is 0 Å². The lowest BCUT2D eigenvalue weighted by Crippen LogP contribution is -2.13. The van der Waals surface area contributed by atoms with Crippen LogP contribution < -0.4 is 0 Å². The minimum absolute atomic E-state index is 0.372. The first kappa shape index (κ1) is 11.6. The Bertz CT molecular complexity index is 263. The first-order valence-electron chi connectivity index (χ1n) is 4.50. The summed E-state index contributed by atoms with van der Waals surface area (Å²) in [4.78, 5) is 4.18. The highest BCUT2D eigenvalue weighted by Gasteiger charge is 2.05. The Balaban J connectivity index is 2.39. The zero-order valence-electron chi connectivity index (χ0n) is 8.11. The molecule has 1 aromatic heterocycles. The molecular weight excluding hydrogens is 246 g/mol. The van der Waals surface area contributed by atoms with E-state index >= 15 is 0 Å². The molecule has 0 saturated heterocycles. The van der Waals surface area contributed by atoms with Gasteiger partial charge in [-0.1, -0.05) is 0 Å². The summed E-state index contributed by atoms with van der Waals surface area (Å²) in [6.07, 6.45) is 2.59. The Morgan fingerprint density at radius 2 is 2.36 bits per heavy atom. The summed E-state index contributed by atoms with van der Waals surface area (Å²) in [7, 11) is 1.63. The van der Waals surface area contributed by atoms with Gasteiger partial charge in [-0.3, -0.25) is 4.98 Å². The van der Waals surface area contributed by atoms with Crippen molar-refractivity contribution in [3.8, 4) is 0 Å². The Hall–Kier alpha value is -0.450. The predicted molar refractivity (Wildman–Crippen MR) is 58.1 cm³/mol. The van der Waals surface area contributed by atoms with Crippen molar-refractivity contribution in [1.82, 2.24) is 4.98 Å². The molecule has 1 heterocycles. The van der Waals surface area contributed by atoms with Gasteiger partial charge in [0.25, 0.3) is 0 Å². The second-order valence-corrected chi connectivity index (χ2v) is 4.02. The molecule has 1 N–H and O–H groups in total. The standard InChI is InChI=1S/C10H14BrNO2/c1-14-5-4-10(13)6-9-3-2-8(11)7-12-9/h2-3,7,10,13H,4-6H2,1H3. The first-order chi connectivity index (χ1) is 6.72. The maximum Gasteiger partial charge on any atom is 0.0617 e. The normalized spacial score (nSPS) is 12.8. The van der Waals surface area contributed by atoms with Crippen molar-refractivity contribution in [2.24, 2.45) is 0 Å². The lowest BCUT2D eigenvalue weighted by molar-refractivity contribution is 0.109. The Morgan fingerprint density at radius 1 is 1.57 bits per heavy atom. The SMILES string of the molecule is COCCC(O)Cc1ccc(Br)cn1. The first-order valence-corrected chi connectivity index (χ1v) is 5.29. The maximum absolute atomic E-state index is 9.57. The number of nitrogens with zero attached hydrogens (tertiary/aromatic N) is 1. The molecule has 78 valence electrons. The molecule has 0 amide bonds. The van der Waals surface area contributed by atoms with Gasteiger partial charge in [0.05, 0.1) is 6.10 Å². The Kier molecular flexibility index (Phi) is 5.07. The number of rotatable bonds is 5. The van der Waals surface area contributed by atoms with Gasteiger partial charge in [0.15, 0.2) is 0 Å². The third kappa shape index (κ3) is 4.17. The number of halogens is 1. The van der Waals surface area contributed by atoms with E-state index in [0.29, 0.717) is 19.4 Å². The third-order valence-corrected chi connectivity index (χ3v) is 2.36. The molecule has 1 rings (SSSR count). The largest absolute Gasteiger partial charge is 0.393 e. The van der Waals surface area contributed by atoms with E-state index in [2.05, 4.69) is 20.9 Å². The maximum atomic E-state index is 9.57. The molecule has 0 radical (unpaired) electrons. The van der Waals surface area contributed by atoms with E-state index in [-0.39, 0.29) is 6.10 Å². The molecule has 0 saturated carbocycles. The topological polar surface area (TPSA) is 42.4 Å². The number of ether oxygens (including phenoxy) is 1. The smallest absolute Gasteiger partial charge is 0.0617 e. The predicted octanol–water partition coefficient (Wildman–Crippen LogP) is 1.78. The van der Waals surface area contributed by atoms with E-state index in [0.717, 1.165) is 10.2 Å². The number of aliphatic hydroxyl groups is 1. The van der Waals surface area contributed by atoms with Gasteiger partial charge in [0.2, 0.25) is 0 Å². The van der Waals surface area contributed by atoms with Gasteiger partial charge >= 0.3 is 0 Å². The van der Waals surface area contributed by atoms with E-state index in [9.17, 15) is 5.11 Å². The van der Waals surface area contributed by atoms with Gasteiger partial charge in [-0.2, -0.15) is 0 Å². The van der Waals surface area contributed by atoms with E-state index in [1.54, 1.807) is 13.3 Å². The summed E-state index contributed by atoms with van der Waals surface area (Å²) in [6, 6.07) is 3.82. The minimum Gasteiger partial charge on any atom is -0.393 e. The molecule has 1 atom stereocenters. The van der Waals surface area contributed by atoms with E-state index in [4.69, 9.17) is 4.74 Å². The lowest BCUT2D eigenvalue weighted by Gasteiger charge is -2.08. The molecule has 0 aliphatic carbocycles. The monoisotopic (exact) mass is 259 g/mol. The summed E-state index contributed by atoms with van der Waals surface area (Å²) >= 11 is 3.31. The van der Waals surface area contributed by atoms with Crippen LogP contribution in [0.3, 0.4) is 0 Å². The lowest BCUT2D eigenvalue weighted by atomic mass is 10.1. The van der Waals surface area contributed by atoms with Crippen molar-refractivity contribution in [3.05, 3.63) is 28.5 Å². The number of hydrogen-bond acceptors (Lipinski definition) is 3. The molecule has 4 heteroatoms. The van der Waals surface area contributed by atoms with Crippen LogP contribution in [-0.4, -0.2) is 29.9 Å². The number of hydrogen-bond donors (Lipinski definition) is 1. The molecule has 0 aromatic carbocycles. The van der Waals surface area contributed by atoms with Crippen molar-refractivity contribution in [2.45, 2.75) is 18.9 Å². The van der Waals surface area contributed by atoms with Crippen molar-refractivity contribution in [1.29, 1.82) is 0 Å². The molecule has 3 nitrogen and oxygen atoms in total. The van der Waals surface area contributed by atoms with Crippen LogP contribution in [0, 0.1) is 0 Å². The summed E-state index contributed by atoms with van der Waals surface area (Å²) in [5.41, 5.74) is 0.900. The highest BCUT2D eigenvalue weighted by molar-refractivity contribution is 9.10. The number of methoxy groups -OCH3 is 1. The van der Waals surface area contributed by atoms with Crippen LogP contribution >= 0.6 is 15.9 Å². The summed E-state index contributed by atoms with van der Waals surface area (Å²) in [5.74, 6) is 0. The van der Waals surface area contributed by atoms with Crippen LogP contribution in [0.15, 0.2) is 22.8 Å². The molecule has 0 spiro atoms. The molecule has 14 heavy (non-hydrogen) atoms. The summed E-state index contributed by atoms with van der Waals surface area (Å²) in [5, 5.41) is 9.57. The number of aromatic nitrogens is 1. The fraction of sp³-hybridized carbons (Fsp3) is 0.500. The van der Waals surface area contributed by atoms with E-state index in [1.807, 2.05) is 12.1 Å². The second kappa shape index (κ2) is 6.11. The molecule has 0 fully saturated rings. The minimum atomic E-state index is -0.372. The molecule has 1 unspecified atom stereocenters. The zero-order valence-corrected chi connectivity index (χ0v) is 9.70. The van der Waals surface area contributed by atoms with Gasteiger partial charge < -0.3 is 9.84 Å². The Labute approximate surface area is 92.3 Å². The quantitative estimate of drug-likeness (QED) is 0.877. The summed E-state index contributed by atoms with van der Waals surface area (Å²) < 4.78 is 5.83. The van der Waals surface area contributed by atoms with Crippen LogP contribution in [0.2, 0.25) is 0 Å². The van der Waals surface area contributed by atoms with E-state index in [1.165, 1.54) is 0 Å². The molecule has 0 aliphatic heterocycles. The van der Waals surface area contributed by atoms with Crippen molar-refractivity contribution in [2.75, 3.05) is 13.7 Å². The van der Waals surface area contributed by atoms with Gasteiger partial charge in [0, 0.05) is 36.5 Å². The average molecular weight is 260 g/mol. The van der Waals surface area contributed by atoms with Crippen LogP contribution in [0.5, 0.6) is 0 Å². The molecular formula is C10H14BrNO2. The third-order valence-electron chi connectivity index (χ3n) is 1.89.